The minimum Gasteiger partial charge on any atom is -0.467 e. The number of amides is 2. The largest absolute Gasteiger partial charge is 0.467 e. The lowest BCUT2D eigenvalue weighted by Gasteiger charge is -2.18. The van der Waals surface area contributed by atoms with Crippen molar-refractivity contribution in [2.45, 2.75) is 12.6 Å². The number of benzene rings is 1. The fraction of sp³-hybridized carbons (Fsp3) is 0.267. The van der Waals surface area contributed by atoms with Crippen LogP contribution in [0.25, 0.3) is 0 Å². The molecular weight excluding hydrogens is 304 g/mol. The summed E-state index contributed by atoms with van der Waals surface area (Å²) in [6.07, 6.45) is 2.66. The van der Waals surface area contributed by atoms with Crippen LogP contribution in [0.4, 0.5) is 4.79 Å². The molecule has 1 aromatic heterocycles. The van der Waals surface area contributed by atoms with Gasteiger partial charge < -0.3 is 15.1 Å². The maximum atomic E-state index is 11.9. The fourth-order valence-electron chi connectivity index (χ4n) is 2.00. The summed E-state index contributed by atoms with van der Waals surface area (Å²) in [5.41, 5.74) is 0.737. The molecule has 2 amide bonds. The number of carbonyl (C=O) groups excluding carboxylic acids is 1. The quantitative estimate of drug-likeness (QED) is 0.849. The van der Waals surface area contributed by atoms with Crippen LogP contribution in [0.2, 0.25) is 0 Å². The first-order valence-corrected chi connectivity index (χ1v) is 8.79. The Hall–Kier alpha value is -2.28. The number of hydrogen-bond donors (Lipinski definition) is 2. The molecule has 7 heteroatoms. The fourth-order valence-corrected chi connectivity index (χ4v) is 2.88. The lowest BCUT2D eigenvalue weighted by molar-refractivity contribution is 0.236. The number of sulfone groups is 1. The van der Waals surface area contributed by atoms with E-state index in [1.165, 1.54) is 6.26 Å². The second kappa shape index (κ2) is 7.13. The van der Waals surface area contributed by atoms with Gasteiger partial charge in [-0.2, -0.15) is 0 Å². The highest BCUT2D eigenvalue weighted by Crippen LogP contribution is 2.14. The van der Waals surface area contributed by atoms with E-state index in [2.05, 4.69) is 10.6 Å². The highest BCUT2D eigenvalue weighted by molar-refractivity contribution is 7.90. The first kappa shape index (κ1) is 16.1. The Bertz CT molecular complexity index is 696. The Labute approximate surface area is 129 Å². The molecule has 0 saturated heterocycles. The van der Waals surface area contributed by atoms with Gasteiger partial charge >= 0.3 is 6.03 Å². The maximum Gasteiger partial charge on any atom is 0.315 e. The van der Waals surface area contributed by atoms with Crippen LogP contribution in [0.15, 0.2) is 53.1 Å². The zero-order chi connectivity index (χ0) is 16.0. The minimum atomic E-state index is -3.24. The number of rotatable bonds is 6. The van der Waals surface area contributed by atoms with Crippen molar-refractivity contribution in [2.24, 2.45) is 0 Å². The molecule has 0 aliphatic carbocycles. The van der Waals surface area contributed by atoms with Crippen molar-refractivity contribution in [3.63, 3.8) is 0 Å². The Balaban J connectivity index is 2.01. The highest BCUT2D eigenvalue weighted by Gasteiger charge is 2.19. The lowest BCUT2D eigenvalue weighted by atomic mass is 10.1. The van der Waals surface area contributed by atoms with E-state index in [0.717, 1.165) is 11.8 Å². The molecule has 1 heterocycles. The third-order valence-electron chi connectivity index (χ3n) is 2.98. The second-order valence-corrected chi connectivity index (χ2v) is 7.15. The summed E-state index contributed by atoms with van der Waals surface area (Å²) < 4.78 is 28.2. The summed E-state index contributed by atoms with van der Waals surface area (Å²) >= 11 is 0. The van der Waals surface area contributed by atoms with Gasteiger partial charge in [0, 0.05) is 6.26 Å². The second-order valence-electron chi connectivity index (χ2n) is 4.96. The van der Waals surface area contributed by atoms with E-state index in [1.807, 2.05) is 6.07 Å². The smallest absolute Gasteiger partial charge is 0.315 e. The van der Waals surface area contributed by atoms with Crippen LogP contribution in [-0.4, -0.2) is 26.5 Å². The van der Waals surface area contributed by atoms with Gasteiger partial charge in [-0.05, 0) is 17.7 Å². The Kier molecular flexibility index (Phi) is 5.21. The van der Waals surface area contributed by atoms with Gasteiger partial charge in [-0.15, -0.1) is 0 Å². The first-order chi connectivity index (χ1) is 10.4. The molecule has 1 atom stereocenters. The first-order valence-electron chi connectivity index (χ1n) is 6.73. The van der Waals surface area contributed by atoms with Gasteiger partial charge in [0.15, 0.2) is 0 Å². The molecule has 2 N–H and O–H groups in total. The summed E-state index contributed by atoms with van der Waals surface area (Å²) in [4.78, 5) is 11.9. The van der Waals surface area contributed by atoms with Gasteiger partial charge in [0.25, 0.3) is 0 Å². The zero-order valence-electron chi connectivity index (χ0n) is 12.2. The van der Waals surface area contributed by atoms with E-state index in [4.69, 9.17) is 4.42 Å². The molecule has 1 aromatic carbocycles. The van der Waals surface area contributed by atoms with Crippen LogP contribution in [0, 0.1) is 0 Å². The zero-order valence-corrected chi connectivity index (χ0v) is 13.0. The van der Waals surface area contributed by atoms with Crippen molar-refractivity contribution in [3.8, 4) is 0 Å². The van der Waals surface area contributed by atoms with E-state index >= 15 is 0 Å². The molecule has 0 fully saturated rings. The normalized spacial score (nSPS) is 12.6. The van der Waals surface area contributed by atoms with Crippen molar-refractivity contribution < 1.29 is 17.6 Å². The number of nitrogens with one attached hydrogen (secondary N) is 2. The van der Waals surface area contributed by atoms with E-state index in [1.54, 1.807) is 36.4 Å². The molecule has 0 saturated carbocycles. The number of urea groups is 1. The van der Waals surface area contributed by atoms with E-state index < -0.39 is 21.9 Å². The molecule has 0 unspecified atom stereocenters. The van der Waals surface area contributed by atoms with Gasteiger partial charge in [-0.1, -0.05) is 30.3 Å². The summed E-state index contributed by atoms with van der Waals surface area (Å²) in [5, 5.41) is 5.31. The van der Waals surface area contributed by atoms with Crippen LogP contribution in [0.5, 0.6) is 0 Å². The predicted octanol–water partition coefficient (Wildman–Crippen LogP) is 1.86. The lowest BCUT2D eigenvalue weighted by Crippen LogP contribution is -2.39. The molecule has 0 spiro atoms. The highest BCUT2D eigenvalue weighted by atomic mass is 32.2. The topological polar surface area (TPSA) is 88.4 Å². The van der Waals surface area contributed by atoms with E-state index in [9.17, 15) is 13.2 Å². The monoisotopic (exact) mass is 322 g/mol. The molecular formula is C15H18N2O4S. The predicted molar refractivity (Wildman–Crippen MR) is 83.0 cm³/mol. The SMILES string of the molecule is CS(=O)(=O)C[C@H](NC(=O)NCc1ccco1)c1ccccc1. The third kappa shape index (κ3) is 5.25. The van der Waals surface area contributed by atoms with E-state index in [0.29, 0.717) is 5.76 Å². The van der Waals surface area contributed by atoms with Crippen LogP contribution < -0.4 is 10.6 Å². The van der Waals surface area contributed by atoms with Crippen molar-refractivity contribution in [3.05, 3.63) is 60.1 Å². The standard InChI is InChI=1S/C15H18N2O4S/c1-22(19,20)11-14(12-6-3-2-4-7-12)17-15(18)16-10-13-8-5-9-21-13/h2-9,14H,10-11H2,1H3,(H2,16,17,18)/t14-/m0/s1. The number of carbonyl (C=O) groups is 1. The van der Waals surface area contributed by atoms with Gasteiger partial charge in [-0.3, -0.25) is 0 Å². The maximum absolute atomic E-state index is 11.9. The Morgan fingerprint density at radius 2 is 1.91 bits per heavy atom. The molecule has 0 aliphatic rings. The summed E-state index contributed by atoms with van der Waals surface area (Å²) in [6.45, 7) is 0.235. The summed E-state index contributed by atoms with van der Waals surface area (Å²) in [6, 6.07) is 11.4. The van der Waals surface area contributed by atoms with Crippen molar-refractivity contribution in [2.75, 3.05) is 12.0 Å². The van der Waals surface area contributed by atoms with Crippen LogP contribution >= 0.6 is 0 Å². The minimum absolute atomic E-state index is 0.162. The van der Waals surface area contributed by atoms with Crippen LogP contribution in [-0.2, 0) is 16.4 Å². The summed E-state index contributed by atoms with van der Waals surface area (Å²) in [5.74, 6) is 0.458. The van der Waals surface area contributed by atoms with Crippen LogP contribution in [0.3, 0.4) is 0 Å². The Morgan fingerprint density at radius 1 is 1.18 bits per heavy atom. The third-order valence-corrected chi connectivity index (χ3v) is 3.92. The van der Waals surface area contributed by atoms with Crippen molar-refractivity contribution in [1.82, 2.24) is 10.6 Å². The molecule has 22 heavy (non-hydrogen) atoms. The molecule has 118 valence electrons. The molecule has 6 nitrogen and oxygen atoms in total. The molecule has 0 radical (unpaired) electrons. The van der Waals surface area contributed by atoms with Crippen LogP contribution in [0.1, 0.15) is 17.4 Å². The number of hydrogen-bond acceptors (Lipinski definition) is 4. The average molecular weight is 322 g/mol. The van der Waals surface area contributed by atoms with E-state index in [-0.39, 0.29) is 12.3 Å². The van der Waals surface area contributed by atoms with Crippen molar-refractivity contribution in [1.29, 1.82) is 0 Å². The van der Waals surface area contributed by atoms with Gasteiger partial charge in [-0.25, -0.2) is 13.2 Å². The van der Waals surface area contributed by atoms with Gasteiger partial charge in [0.1, 0.15) is 15.6 Å². The molecule has 0 bridgehead atoms. The van der Waals surface area contributed by atoms with Gasteiger partial charge in [0.05, 0.1) is 24.6 Å². The molecule has 2 rings (SSSR count). The molecule has 0 aliphatic heterocycles. The number of furan rings is 1. The Morgan fingerprint density at radius 3 is 2.50 bits per heavy atom. The van der Waals surface area contributed by atoms with Gasteiger partial charge in [0.2, 0.25) is 0 Å². The molecule has 2 aromatic rings. The summed E-state index contributed by atoms with van der Waals surface area (Å²) in [7, 11) is -3.24. The average Bonchev–Trinajstić information content (AvgIpc) is 2.97. The van der Waals surface area contributed by atoms with Crippen molar-refractivity contribution >= 4 is 15.9 Å².